The second kappa shape index (κ2) is 9.59. The van der Waals surface area contributed by atoms with Gasteiger partial charge in [-0.2, -0.15) is 4.31 Å². The largest absolute Gasteiger partial charge is 0.352 e. The molecule has 0 aliphatic heterocycles. The van der Waals surface area contributed by atoms with Gasteiger partial charge in [-0.05, 0) is 45.8 Å². The van der Waals surface area contributed by atoms with Crippen LogP contribution in [-0.4, -0.2) is 51.9 Å². The quantitative estimate of drug-likeness (QED) is 0.554. The summed E-state index contributed by atoms with van der Waals surface area (Å²) < 4.78 is 28.0. The Hall–Kier alpha value is -3.11. The summed E-state index contributed by atoms with van der Waals surface area (Å²) in [7, 11) is -3.48. The number of carbonyl (C=O) groups excluding carboxylic acids is 1. The van der Waals surface area contributed by atoms with Crippen LogP contribution in [0.2, 0.25) is 0 Å². The van der Waals surface area contributed by atoms with E-state index in [1.165, 1.54) is 15.3 Å². The highest BCUT2D eigenvalue weighted by molar-refractivity contribution is 7.89. The normalized spacial score (nSPS) is 11.6. The summed E-state index contributed by atoms with van der Waals surface area (Å²) in [5.74, 6) is -0.120. The molecule has 3 rings (SSSR count). The van der Waals surface area contributed by atoms with Crippen LogP contribution in [0.25, 0.3) is 5.69 Å². The van der Waals surface area contributed by atoms with Crippen LogP contribution < -0.4 is 5.32 Å². The highest BCUT2D eigenvalue weighted by Crippen LogP contribution is 2.16. The average molecular weight is 429 g/mol. The molecule has 1 amide bonds. The van der Waals surface area contributed by atoms with Gasteiger partial charge in [0.05, 0.1) is 17.0 Å². The Bertz CT molecular complexity index is 1060. The van der Waals surface area contributed by atoms with E-state index in [1.807, 2.05) is 38.1 Å². The van der Waals surface area contributed by atoms with Crippen LogP contribution in [0.3, 0.4) is 0 Å². The van der Waals surface area contributed by atoms with E-state index >= 15 is 0 Å². The third-order valence-corrected chi connectivity index (χ3v) is 6.73. The minimum Gasteiger partial charge on any atom is -0.352 e. The molecule has 0 saturated carbocycles. The van der Waals surface area contributed by atoms with Gasteiger partial charge in [-0.3, -0.25) is 4.79 Å². The molecule has 0 aliphatic rings. The van der Waals surface area contributed by atoms with E-state index < -0.39 is 10.0 Å². The van der Waals surface area contributed by atoms with E-state index in [2.05, 4.69) is 20.8 Å². The first kappa shape index (κ1) is 21.6. The number of nitrogens with one attached hydrogen (secondary N) is 1. The number of sulfonamides is 1. The van der Waals surface area contributed by atoms with E-state index in [0.29, 0.717) is 19.6 Å². The van der Waals surface area contributed by atoms with Crippen molar-refractivity contribution in [2.24, 2.45) is 0 Å². The molecule has 9 nitrogen and oxygen atoms in total. The van der Waals surface area contributed by atoms with Gasteiger partial charge in [0.2, 0.25) is 15.9 Å². The lowest BCUT2D eigenvalue weighted by Gasteiger charge is -2.18. The molecule has 0 spiro atoms. The van der Waals surface area contributed by atoms with Crippen molar-refractivity contribution in [1.29, 1.82) is 0 Å². The number of amides is 1. The molecule has 0 radical (unpaired) electrons. The first-order chi connectivity index (χ1) is 14.4. The Morgan fingerprint density at radius 2 is 1.63 bits per heavy atom. The van der Waals surface area contributed by atoms with Gasteiger partial charge in [0, 0.05) is 19.6 Å². The summed E-state index contributed by atoms with van der Waals surface area (Å²) in [6, 6.07) is 14.0. The summed E-state index contributed by atoms with van der Waals surface area (Å²) in [6.07, 6.45) is 1.74. The Labute approximate surface area is 175 Å². The molecular weight excluding hydrogens is 404 g/mol. The molecule has 0 fully saturated rings. The summed E-state index contributed by atoms with van der Waals surface area (Å²) in [6.45, 7) is 4.79. The van der Waals surface area contributed by atoms with Gasteiger partial charge < -0.3 is 5.32 Å². The van der Waals surface area contributed by atoms with Crippen LogP contribution in [0.15, 0.2) is 59.8 Å². The molecule has 0 saturated heterocycles. The molecule has 158 valence electrons. The van der Waals surface area contributed by atoms with Crippen LogP contribution in [0.1, 0.15) is 25.0 Å². The maximum atomic E-state index is 12.5. The van der Waals surface area contributed by atoms with Gasteiger partial charge in [-0.15, -0.1) is 5.10 Å². The fourth-order valence-electron chi connectivity index (χ4n) is 2.99. The predicted octanol–water partition coefficient (Wildman–Crippen LogP) is 1.55. The van der Waals surface area contributed by atoms with Gasteiger partial charge in [-0.1, -0.05) is 38.1 Å². The number of tetrazole rings is 1. The topological polar surface area (TPSA) is 110 Å². The summed E-state index contributed by atoms with van der Waals surface area (Å²) >= 11 is 0. The van der Waals surface area contributed by atoms with E-state index in [1.54, 1.807) is 24.3 Å². The molecule has 10 heteroatoms. The van der Waals surface area contributed by atoms with E-state index in [-0.39, 0.29) is 17.2 Å². The average Bonchev–Trinajstić information content (AvgIpc) is 3.29. The fraction of sp³-hybridized carbons (Fsp3) is 0.300. The lowest BCUT2D eigenvalue weighted by molar-refractivity contribution is -0.120. The third kappa shape index (κ3) is 5.08. The zero-order valence-corrected chi connectivity index (χ0v) is 17.7. The van der Waals surface area contributed by atoms with Crippen molar-refractivity contribution in [2.75, 3.05) is 13.1 Å². The number of benzene rings is 2. The van der Waals surface area contributed by atoms with Crippen molar-refractivity contribution in [3.05, 3.63) is 66.0 Å². The second-order valence-electron chi connectivity index (χ2n) is 6.61. The van der Waals surface area contributed by atoms with Crippen molar-refractivity contribution in [2.45, 2.75) is 31.7 Å². The standard InChI is InChI=1S/C20H24N6O3S/c1-3-25(4-2)30(28,29)19-11-7-17(8-12-19)14-21-20(27)13-16-5-9-18(10-6-16)26-15-22-23-24-26/h5-12,15H,3-4,13-14H2,1-2H3,(H,21,27). The Kier molecular flexibility index (Phi) is 6.91. The summed E-state index contributed by atoms with van der Waals surface area (Å²) in [5.41, 5.74) is 2.50. The highest BCUT2D eigenvalue weighted by Gasteiger charge is 2.21. The van der Waals surface area contributed by atoms with Crippen LogP contribution in [0, 0.1) is 0 Å². The van der Waals surface area contributed by atoms with Crippen molar-refractivity contribution in [3.63, 3.8) is 0 Å². The molecule has 1 aromatic heterocycles. The fourth-order valence-corrected chi connectivity index (χ4v) is 4.44. The maximum absolute atomic E-state index is 12.5. The van der Waals surface area contributed by atoms with E-state index in [0.717, 1.165) is 16.8 Å². The zero-order chi connectivity index (χ0) is 21.6. The number of hydrogen-bond acceptors (Lipinski definition) is 6. The number of aromatic nitrogens is 4. The Morgan fingerprint density at radius 1 is 1.00 bits per heavy atom. The zero-order valence-electron chi connectivity index (χ0n) is 16.9. The monoisotopic (exact) mass is 428 g/mol. The smallest absolute Gasteiger partial charge is 0.243 e. The van der Waals surface area contributed by atoms with Crippen molar-refractivity contribution in [3.8, 4) is 5.69 Å². The van der Waals surface area contributed by atoms with E-state index in [4.69, 9.17) is 0 Å². The molecule has 0 aliphatic carbocycles. The van der Waals surface area contributed by atoms with Crippen molar-refractivity contribution in [1.82, 2.24) is 29.8 Å². The first-order valence-electron chi connectivity index (χ1n) is 9.62. The predicted molar refractivity (Wildman–Crippen MR) is 111 cm³/mol. The van der Waals surface area contributed by atoms with Gasteiger partial charge in [0.25, 0.3) is 0 Å². The van der Waals surface area contributed by atoms with Crippen LogP contribution >= 0.6 is 0 Å². The van der Waals surface area contributed by atoms with Gasteiger partial charge in [0.1, 0.15) is 6.33 Å². The molecule has 1 heterocycles. The number of nitrogens with zero attached hydrogens (tertiary/aromatic N) is 5. The lowest BCUT2D eigenvalue weighted by Crippen LogP contribution is -2.30. The van der Waals surface area contributed by atoms with Crippen LogP contribution in [0.5, 0.6) is 0 Å². The maximum Gasteiger partial charge on any atom is 0.243 e. The molecule has 30 heavy (non-hydrogen) atoms. The van der Waals surface area contributed by atoms with Crippen molar-refractivity contribution >= 4 is 15.9 Å². The second-order valence-corrected chi connectivity index (χ2v) is 8.55. The highest BCUT2D eigenvalue weighted by atomic mass is 32.2. The molecular formula is C20H24N6O3S. The van der Waals surface area contributed by atoms with Crippen LogP contribution in [0.4, 0.5) is 0 Å². The molecule has 1 N–H and O–H groups in total. The minimum atomic E-state index is -3.48. The summed E-state index contributed by atoms with van der Waals surface area (Å²) in [4.78, 5) is 12.5. The summed E-state index contributed by atoms with van der Waals surface area (Å²) in [5, 5.41) is 13.9. The molecule has 0 unspecified atom stereocenters. The third-order valence-electron chi connectivity index (χ3n) is 4.67. The Balaban J connectivity index is 1.55. The molecule has 3 aromatic rings. The van der Waals surface area contributed by atoms with Crippen molar-refractivity contribution < 1.29 is 13.2 Å². The number of rotatable bonds is 9. The number of carbonyl (C=O) groups is 1. The van der Waals surface area contributed by atoms with Gasteiger partial charge in [0.15, 0.2) is 0 Å². The lowest BCUT2D eigenvalue weighted by atomic mass is 10.1. The number of hydrogen-bond donors (Lipinski definition) is 1. The molecule has 0 atom stereocenters. The SMILES string of the molecule is CCN(CC)S(=O)(=O)c1ccc(CNC(=O)Cc2ccc(-n3cnnn3)cc2)cc1. The minimum absolute atomic E-state index is 0.120. The Morgan fingerprint density at radius 3 is 2.20 bits per heavy atom. The van der Waals surface area contributed by atoms with Crippen LogP contribution in [-0.2, 0) is 27.8 Å². The van der Waals surface area contributed by atoms with E-state index in [9.17, 15) is 13.2 Å². The molecule has 2 aromatic carbocycles. The first-order valence-corrected chi connectivity index (χ1v) is 11.1. The van der Waals surface area contributed by atoms with Gasteiger partial charge in [-0.25, -0.2) is 13.1 Å². The molecule has 0 bridgehead atoms. The van der Waals surface area contributed by atoms with Gasteiger partial charge >= 0.3 is 0 Å².